The molecule has 0 spiro atoms. The average molecular weight is 314 g/mol. The number of hydrogen-bond acceptors (Lipinski definition) is 5. The number of carbonyl (C=O) groups excluding carboxylic acids is 2. The van der Waals surface area contributed by atoms with E-state index in [-0.39, 0.29) is 11.9 Å². The Bertz CT molecular complexity index is 691. The molecule has 120 valence electrons. The third-order valence-corrected chi connectivity index (χ3v) is 3.97. The van der Waals surface area contributed by atoms with Crippen LogP contribution in [0.5, 0.6) is 0 Å². The number of imidazole rings is 1. The van der Waals surface area contributed by atoms with Crippen LogP contribution in [0.15, 0.2) is 43.0 Å². The summed E-state index contributed by atoms with van der Waals surface area (Å²) in [6.07, 6.45) is 6.61. The van der Waals surface area contributed by atoms with Gasteiger partial charge in [0.15, 0.2) is 0 Å². The van der Waals surface area contributed by atoms with Gasteiger partial charge in [-0.25, -0.2) is 4.98 Å². The minimum absolute atomic E-state index is 0.200. The summed E-state index contributed by atoms with van der Waals surface area (Å²) in [7, 11) is 1.37. The van der Waals surface area contributed by atoms with Gasteiger partial charge in [-0.05, 0) is 37.1 Å². The van der Waals surface area contributed by atoms with Crippen molar-refractivity contribution in [3.8, 4) is 0 Å². The zero-order chi connectivity index (χ0) is 16.3. The van der Waals surface area contributed by atoms with Crippen molar-refractivity contribution in [2.45, 2.75) is 12.8 Å². The molecule has 1 aromatic heterocycles. The number of nitrogens with zero attached hydrogens (tertiary/aromatic N) is 2. The highest BCUT2D eigenvalue weighted by Crippen LogP contribution is 2.46. The van der Waals surface area contributed by atoms with E-state index in [1.165, 1.54) is 7.11 Å². The van der Waals surface area contributed by atoms with E-state index in [1.54, 1.807) is 35.5 Å². The Labute approximate surface area is 133 Å². The molecule has 1 fully saturated rings. The van der Waals surface area contributed by atoms with Crippen LogP contribution >= 0.6 is 0 Å². The van der Waals surface area contributed by atoms with Crippen LogP contribution in [0.1, 0.15) is 23.2 Å². The van der Waals surface area contributed by atoms with Crippen LogP contribution in [0.25, 0.3) is 0 Å². The highest BCUT2D eigenvalue weighted by Gasteiger charge is 2.51. The second kappa shape index (κ2) is 6.12. The molecule has 1 aliphatic carbocycles. The summed E-state index contributed by atoms with van der Waals surface area (Å²) in [5.74, 6) is -0.452. The predicted molar refractivity (Wildman–Crippen MR) is 83.7 cm³/mol. The number of methoxy groups -OCH3 is 1. The number of rotatable bonds is 6. The van der Waals surface area contributed by atoms with Crippen LogP contribution in [0.4, 0.5) is 5.69 Å². The van der Waals surface area contributed by atoms with E-state index >= 15 is 0 Å². The van der Waals surface area contributed by atoms with E-state index in [9.17, 15) is 9.59 Å². The van der Waals surface area contributed by atoms with E-state index in [2.05, 4.69) is 15.7 Å². The van der Waals surface area contributed by atoms with Crippen molar-refractivity contribution in [3.05, 3.63) is 48.5 Å². The van der Waals surface area contributed by atoms with Crippen LogP contribution in [0, 0.1) is 5.41 Å². The largest absolute Gasteiger partial charge is 0.469 e. The smallest absolute Gasteiger partial charge is 0.313 e. The van der Waals surface area contributed by atoms with Crippen molar-refractivity contribution < 1.29 is 14.3 Å². The van der Waals surface area contributed by atoms with E-state index in [0.717, 1.165) is 18.5 Å². The maximum Gasteiger partial charge on any atom is 0.313 e. The molecule has 7 heteroatoms. The van der Waals surface area contributed by atoms with Crippen LogP contribution in [-0.4, -0.2) is 35.2 Å². The molecular weight excluding hydrogens is 296 g/mol. The summed E-state index contributed by atoms with van der Waals surface area (Å²) >= 11 is 0. The molecular formula is C16H18N4O3. The Morgan fingerprint density at radius 3 is 2.61 bits per heavy atom. The Morgan fingerprint density at radius 2 is 2.04 bits per heavy atom. The molecule has 1 aliphatic rings. The lowest BCUT2D eigenvalue weighted by Crippen LogP contribution is -2.34. The van der Waals surface area contributed by atoms with Crippen molar-refractivity contribution in [3.63, 3.8) is 0 Å². The van der Waals surface area contributed by atoms with Crippen LogP contribution in [0.3, 0.4) is 0 Å². The summed E-state index contributed by atoms with van der Waals surface area (Å²) in [6.45, 7) is 0.313. The quantitative estimate of drug-likeness (QED) is 0.788. The molecule has 0 aliphatic heterocycles. The molecule has 0 unspecified atom stereocenters. The number of benzene rings is 1. The SMILES string of the molecule is COC(=O)C1(CNC(=O)c2ccc(Nn3ccnc3)cc2)CC1. The van der Waals surface area contributed by atoms with Crippen molar-refractivity contribution in [2.24, 2.45) is 5.41 Å². The molecule has 1 aromatic carbocycles. The number of hydrogen-bond donors (Lipinski definition) is 2. The molecule has 1 amide bonds. The first-order valence-electron chi connectivity index (χ1n) is 7.35. The summed E-state index contributed by atoms with van der Waals surface area (Å²) < 4.78 is 6.49. The second-order valence-corrected chi connectivity index (χ2v) is 5.61. The molecule has 7 nitrogen and oxygen atoms in total. The van der Waals surface area contributed by atoms with Gasteiger partial charge in [-0.2, -0.15) is 0 Å². The number of esters is 1. The van der Waals surface area contributed by atoms with Gasteiger partial charge >= 0.3 is 5.97 Å². The number of nitrogens with one attached hydrogen (secondary N) is 2. The molecule has 23 heavy (non-hydrogen) atoms. The molecule has 2 aromatic rings. The summed E-state index contributed by atoms with van der Waals surface area (Å²) in [6, 6.07) is 7.07. The van der Waals surface area contributed by atoms with Crippen molar-refractivity contribution >= 4 is 17.6 Å². The van der Waals surface area contributed by atoms with Gasteiger partial charge in [-0.1, -0.05) is 0 Å². The summed E-state index contributed by atoms with van der Waals surface area (Å²) in [5, 5.41) is 2.81. The van der Waals surface area contributed by atoms with Crippen molar-refractivity contribution in [2.75, 3.05) is 19.1 Å². The molecule has 1 heterocycles. The Hall–Kier alpha value is -2.83. The highest BCUT2D eigenvalue weighted by atomic mass is 16.5. The van der Waals surface area contributed by atoms with Gasteiger partial charge in [0.2, 0.25) is 0 Å². The number of carbonyl (C=O) groups is 2. The fourth-order valence-electron chi connectivity index (χ4n) is 2.34. The molecule has 0 atom stereocenters. The standard InChI is InChI=1S/C16H18N4O3/c1-23-15(22)16(6-7-16)10-18-14(21)12-2-4-13(5-3-12)19-20-9-8-17-11-20/h2-5,8-9,11,19H,6-7,10H2,1H3,(H,18,21). The molecule has 3 rings (SSSR count). The highest BCUT2D eigenvalue weighted by molar-refractivity contribution is 5.95. The topological polar surface area (TPSA) is 85.2 Å². The lowest BCUT2D eigenvalue weighted by atomic mass is 10.1. The Morgan fingerprint density at radius 1 is 1.30 bits per heavy atom. The van der Waals surface area contributed by atoms with Gasteiger partial charge in [-0.15, -0.1) is 0 Å². The zero-order valence-electron chi connectivity index (χ0n) is 12.8. The summed E-state index contributed by atoms with van der Waals surface area (Å²) in [4.78, 5) is 27.7. The first kappa shape index (κ1) is 15.1. The van der Waals surface area contributed by atoms with Gasteiger partial charge in [0.05, 0.1) is 18.2 Å². The van der Waals surface area contributed by atoms with Crippen LogP contribution < -0.4 is 10.7 Å². The fourth-order valence-corrected chi connectivity index (χ4v) is 2.34. The minimum Gasteiger partial charge on any atom is -0.469 e. The van der Waals surface area contributed by atoms with Gasteiger partial charge in [0, 0.05) is 24.5 Å². The molecule has 1 saturated carbocycles. The third-order valence-electron chi connectivity index (χ3n) is 3.97. The van der Waals surface area contributed by atoms with E-state index in [0.29, 0.717) is 12.1 Å². The summed E-state index contributed by atoms with van der Waals surface area (Å²) in [5.41, 5.74) is 3.96. The number of amides is 1. The number of ether oxygens (including phenoxy) is 1. The van der Waals surface area contributed by atoms with Gasteiger partial charge in [0.1, 0.15) is 6.33 Å². The monoisotopic (exact) mass is 314 g/mol. The maximum atomic E-state index is 12.2. The minimum atomic E-state index is -0.521. The van der Waals surface area contributed by atoms with E-state index in [1.807, 2.05) is 12.1 Å². The zero-order valence-corrected chi connectivity index (χ0v) is 12.8. The molecule has 0 saturated heterocycles. The van der Waals surface area contributed by atoms with Gasteiger partial charge in [0.25, 0.3) is 5.91 Å². The van der Waals surface area contributed by atoms with Gasteiger partial charge < -0.3 is 10.1 Å². The lowest BCUT2D eigenvalue weighted by molar-refractivity contribution is -0.146. The van der Waals surface area contributed by atoms with Gasteiger partial charge in [-0.3, -0.25) is 19.7 Å². The molecule has 2 N–H and O–H groups in total. The average Bonchev–Trinajstić information content (AvgIpc) is 3.21. The Kier molecular flexibility index (Phi) is 4.01. The van der Waals surface area contributed by atoms with Crippen molar-refractivity contribution in [1.29, 1.82) is 0 Å². The van der Waals surface area contributed by atoms with E-state index < -0.39 is 5.41 Å². The maximum absolute atomic E-state index is 12.2. The third kappa shape index (κ3) is 3.33. The first-order valence-corrected chi connectivity index (χ1v) is 7.35. The van der Waals surface area contributed by atoms with Crippen molar-refractivity contribution in [1.82, 2.24) is 15.0 Å². The van der Waals surface area contributed by atoms with Crippen LogP contribution in [0.2, 0.25) is 0 Å². The Balaban J connectivity index is 1.56. The number of anilines is 1. The fraction of sp³-hybridized carbons (Fsp3) is 0.312. The molecule has 0 radical (unpaired) electrons. The second-order valence-electron chi connectivity index (χ2n) is 5.61. The molecule has 0 bridgehead atoms. The number of aromatic nitrogens is 2. The van der Waals surface area contributed by atoms with Crippen LogP contribution in [-0.2, 0) is 9.53 Å². The normalized spacial score (nSPS) is 14.8. The predicted octanol–water partition coefficient (Wildman–Crippen LogP) is 1.44. The van der Waals surface area contributed by atoms with E-state index in [4.69, 9.17) is 4.74 Å². The first-order chi connectivity index (χ1) is 11.1. The lowest BCUT2D eigenvalue weighted by Gasteiger charge is -2.13.